The Morgan fingerprint density at radius 3 is 2.86 bits per heavy atom. The van der Waals surface area contributed by atoms with E-state index >= 15 is 0 Å². The van der Waals surface area contributed by atoms with E-state index in [0.29, 0.717) is 12.2 Å². The molecule has 1 unspecified atom stereocenters. The number of aromatic nitrogens is 4. The molecule has 1 amide bonds. The molecule has 3 aromatic rings. The molecule has 3 heterocycles. The second-order valence-electron chi connectivity index (χ2n) is 8.08. The highest BCUT2D eigenvalue weighted by atomic mass is 16.2. The number of carbonyl (C=O) groups excluding carboxylic acids is 1. The third kappa shape index (κ3) is 3.03. The lowest BCUT2D eigenvalue weighted by molar-refractivity contribution is 0.0621. The summed E-state index contributed by atoms with van der Waals surface area (Å²) in [5.74, 6) is 0.854. The Balaban J connectivity index is 1.47. The van der Waals surface area contributed by atoms with Gasteiger partial charge in [0, 0.05) is 43.0 Å². The van der Waals surface area contributed by atoms with Crippen LogP contribution in [-0.2, 0) is 18.4 Å². The van der Waals surface area contributed by atoms with Gasteiger partial charge in [-0.05, 0) is 44.2 Å². The van der Waals surface area contributed by atoms with Crippen LogP contribution in [0.1, 0.15) is 47.9 Å². The van der Waals surface area contributed by atoms with Crippen molar-refractivity contribution in [3.63, 3.8) is 0 Å². The topological polar surface area (TPSA) is 63.9 Å². The molecule has 29 heavy (non-hydrogen) atoms. The summed E-state index contributed by atoms with van der Waals surface area (Å²) in [6, 6.07) is 12.0. The van der Waals surface area contributed by atoms with E-state index in [1.807, 2.05) is 54.4 Å². The zero-order valence-electron chi connectivity index (χ0n) is 16.7. The predicted octanol–water partition coefficient (Wildman–Crippen LogP) is 3.48. The minimum Gasteiger partial charge on any atom is -0.336 e. The van der Waals surface area contributed by atoms with Gasteiger partial charge < -0.3 is 4.90 Å². The van der Waals surface area contributed by atoms with Crippen LogP contribution in [0.5, 0.6) is 0 Å². The van der Waals surface area contributed by atoms with Crippen molar-refractivity contribution < 1.29 is 4.79 Å². The van der Waals surface area contributed by atoms with E-state index in [2.05, 4.69) is 10.1 Å². The van der Waals surface area contributed by atoms with Crippen LogP contribution in [0.25, 0.3) is 11.4 Å². The molecule has 1 spiro atoms. The van der Waals surface area contributed by atoms with Gasteiger partial charge in [0.1, 0.15) is 5.69 Å². The second-order valence-corrected chi connectivity index (χ2v) is 8.08. The monoisotopic (exact) mass is 387 g/mol. The molecule has 0 saturated carbocycles. The highest BCUT2D eigenvalue weighted by molar-refractivity contribution is 5.92. The van der Waals surface area contributed by atoms with Crippen molar-refractivity contribution in [2.75, 3.05) is 13.1 Å². The Morgan fingerprint density at radius 2 is 2.03 bits per heavy atom. The molecular formula is C23H25N5O. The highest BCUT2D eigenvalue weighted by Gasteiger charge is 2.45. The number of aryl methyl sites for hydroxylation is 2. The van der Waals surface area contributed by atoms with Crippen LogP contribution >= 0.6 is 0 Å². The van der Waals surface area contributed by atoms with Crippen molar-refractivity contribution in [3.8, 4) is 11.4 Å². The first-order chi connectivity index (χ1) is 14.2. The molecular weight excluding hydrogens is 362 g/mol. The predicted molar refractivity (Wildman–Crippen MR) is 111 cm³/mol. The summed E-state index contributed by atoms with van der Waals surface area (Å²) in [6.45, 7) is 4.22. The van der Waals surface area contributed by atoms with Gasteiger partial charge in [0.25, 0.3) is 5.91 Å². The number of rotatable bonds is 3. The molecule has 1 saturated heterocycles. The smallest absolute Gasteiger partial charge is 0.272 e. The summed E-state index contributed by atoms with van der Waals surface area (Å²) < 4.78 is 1.78. The van der Waals surface area contributed by atoms with Crippen LogP contribution in [-0.4, -0.2) is 43.6 Å². The Bertz CT molecular complexity index is 1040. The Labute approximate surface area is 170 Å². The lowest BCUT2D eigenvalue weighted by Crippen LogP contribution is -2.48. The molecule has 1 aliphatic carbocycles. The largest absolute Gasteiger partial charge is 0.336 e. The van der Waals surface area contributed by atoms with E-state index in [0.717, 1.165) is 55.9 Å². The number of fused-ring (bicyclic) bond motifs is 2. The van der Waals surface area contributed by atoms with Gasteiger partial charge in [0.15, 0.2) is 5.82 Å². The van der Waals surface area contributed by atoms with Gasteiger partial charge in [0.2, 0.25) is 0 Å². The number of nitrogens with zero attached hydrogens (tertiary/aromatic N) is 5. The first-order valence-corrected chi connectivity index (χ1v) is 10.4. The van der Waals surface area contributed by atoms with Crippen molar-refractivity contribution in [2.45, 2.75) is 44.6 Å². The average molecular weight is 387 g/mol. The van der Waals surface area contributed by atoms with Crippen LogP contribution in [0.2, 0.25) is 0 Å². The minimum absolute atomic E-state index is 0.0627. The van der Waals surface area contributed by atoms with Crippen LogP contribution in [0.4, 0.5) is 0 Å². The normalized spacial score (nSPS) is 20.8. The fraction of sp³-hybridized carbons (Fsp3) is 0.391. The third-order valence-corrected chi connectivity index (χ3v) is 6.37. The number of amides is 1. The fourth-order valence-electron chi connectivity index (χ4n) is 4.90. The van der Waals surface area contributed by atoms with Gasteiger partial charge in [-0.25, -0.2) is 9.97 Å². The van der Waals surface area contributed by atoms with Crippen molar-refractivity contribution >= 4 is 5.91 Å². The summed E-state index contributed by atoms with van der Waals surface area (Å²) in [7, 11) is 0. The molecule has 2 aliphatic rings. The summed E-state index contributed by atoms with van der Waals surface area (Å²) in [5, 5.41) is 4.27. The fourth-order valence-corrected chi connectivity index (χ4v) is 4.90. The molecule has 2 aromatic heterocycles. The summed E-state index contributed by atoms with van der Waals surface area (Å²) in [6.07, 6.45) is 7.79. The Kier molecular flexibility index (Phi) is 4.42. The van der Waals surface area contributed by atoms with E-state index in [-0.39, 0.29) is 11.3 Å². The van der Waals surface area contributed by atoms with Crippen LogP contribution < -0.4 is 0 Å². The second kappa shape index (κ2) is 7.10. The quantitative estimate of drug-likeness (QED) is 0.690. The maximum absolute atomic E-state index is 13.2. The maximum atomic E-state index is 13.2. The van der Waals surface area contributed by atoms with Crippen molar-refractivity contribution in [2.24, 2.45) is 0 Å². The van der Waals surface area contributed by atoms with Crippen molar-refractivity contribution in [1.82, 2.24) is 24.6 Å². The SMILES string of the molecule is CCn1nccc1C(=O)N1CCCC2(CCc3cnc(-c4ccccc4)nc32)C1. The van der Waals surface area contributed by atoms with E-state index in [9.17, 15) is 4.79 Å². The van der Waals surface area contributed by atoms with Crippen LogP contribution in [0.15, 0.2) is 48.8 Å². The maximum Gasteiger partial charge on any atom is 0.272 e. The summed E-state index contributed by atoms with van der Waals surface area (Å²) in [4.78, 5) is 24.9. The molecule has 0 radical (unpaired) electrons. The number of hydrogen-bond donors (Lipinski definition) is 0. The van der Waals surface area contributed by atoms with E-state index in [1.54, 1.807) is 10.9 Å². The number of piperidine rings is 1. The molecule has 1 aromatic carbocycles. The first-order valence-electron chi connectivity index (χ1n) is 10.4. The van der Waals surface area contributed by atoms with E-state index in [1.165, 1.54) is 5.56 Å². The van der Waals surface area contributed by atoms with Crippen molar-refractivity contribution in [3.05, 3.63) is 65.7 Å². The molecule has 5 rings (SSSR count). The highest BCUT2D eigenvalue weighted by Crippen LogP contribution is 2.44. The van der Waals surface area contributed by atoms with Gasteiger partial charge in [-0.15, -0.1) is 0 Å². The molecule has 0 N–H and O–H groups in total. The lowest BCUT2D eigenvalue weighted by Gasteiger charge is -2.40. The van der Waals surface area contributed by atoms with Crippen LogP contribution in [0, 0.1) is 0 Å². The summed E-state index contributed by atoms with van der Waals surface area (Å²) in [5.41, 5.74) is 4.03. The average Bonchev–Trinajstić information content (AvgIpc) is 3.39. The molecule has 6 heteroatoms. The Hall–Kier alpha value is -3.02. The van der Waals surface area contributed by atoms with Gasteiger partial charge in [0.05, 0.1) is 5.69 Å². The number of likely N-dealkylation sites (tertiary alicyclic amines) is 1. The minimum atomic E-state index is -0.0627. The number of hydrogen-bond acceptors (Lipinski definition) is 4. The number of benzene rings is 1. The molecule has 0 bridgehead atoms. The van der Waals surface area contributed by atoms with Gasteiger partial charge >= 0.3 is 0 Å². The van der Waals surface area contributed by atoms with Gasteiger partial charge in [-0.3, -0.25) is 9.48 Å². The van der Waals surface area contributed by atoms with Gasteiger partial charge in [-0.1, -0.05) is 30.3 Å². The molecule has 148 valence electrons. The van der Waals surface area contributed by atoms with E-state index in [4.69, 9.17) is 4.98 Å². The molecule has 1 fully saturated rings. The van der Waals surface area contributed by atoms with Gasteiger partial charge in [-0.2, -0.15) is 5.10 Å². The van der Waals surface area contributed by atoms with Crippen molar-refractivity contribution in [1.29, 1.82) is 0 Å². The van der Waals surface area contributed by atoms with E-state index < -0.39 is 0 Å². The number of carbonyl (C=O) groups is 1. The zero-order valence-corrected chi connectivity index (χ0v) is 16.7. The lowest BCUT2D eigenvalue weighted by atomic mass is 9.77. The Morgan fingerprint density at radius 1 is 1.17 bits per heavy atom. The third-order valence-electron chi connectivity index (χ3n) is 6.37. The molecule has 1 atom stereocenters. The molecule has 1 aliphatic heterocycles. The standard InChI is InChI=1S/C23H25N5O/c1-2-28-19(10-13-25-28)22(29)27-14-6-11-23(16-27)12-9-18-15-24-21(26-20(18)23)17-7-4-3-5-8-17/h3-5,7-8,10,13,15H,2,6,9,11-12,14,16H2,1H3. The molecule has 6 nitrogen and oxygen atoms in total. The first kappa shape index (κ1) is 18.0. The zero-order chi connectivity index (χ0) is 19.8. The van der Waals surface area contributed by atoms with Crippen LogP contribution in [0.3, 0.4) is 0 Å². The summed E-state index contributed by atoms with van der Waals surface area (Å²) >= 11 is 0.